The molecule has 0 heterocycles. The van der Waals surface area contributed by atoms with Gasteiger partial charge in [-0.2, -0.15) is 0 Å². The largest absolute Gasteiger partial charge is 0.506 e. The molecule has 0 fully saturated rings. The summed E-state index contributed by atoms with van der Waals surface area (Å²) in [5.41, 5.74) is 2.40. The second-order valence-electron chi connectivity index (χ2n) is 4.82. The maximum absolute atomic E-state index is 11.8. The van der Waals surface area contributed by atoms with E-state index in [0.29, 0.717) is 10.8 Å². The van der Waals surface area contributed by atoms with Gasteiger partial charge in [-0.3, -0.25) is 4.79 Å². The van der Waals surface area contributed by atoms with Crippen molar-refractivity contribution in [2.75, 3.05) is 11.9 Å². The molecule has 2 N–H and O–H groups in total. The number of rotatable bonds is 4. The molecule has 0 spiro atoms. The van der Waals surface area contributed by atoms with Gasteiger partial charge in [0.05, 0.1) is 5.69 Å². The molecule has 5 heteroatoms. The van der Waals surface area contributed by atoms with Crippen molar-refractivity contribution in [2.24, 2.45) is 0 Å². The van der Waals surface area contributed by atoms with Gasteiger partial charge in [0.1, 0.15) is 11.5 Å². The second kappa shape index (κ2) is 6.50. The molecule has 0 saturated heterocycles. The fourth-order valence-electron chi connectivity index (χ4n) is 1.96. The molecule has 2 aromatic rings. The average molecular weight is 306 g/mol. The summed E-state index contributed by atoms with van der Waals surface area (Å²) in [7, 11) is 0. The van der Waals surface area contributed by atoms with Gasteiger partial charge in [0.25, 0.3) is 5.91 Å². The monoisotopic (exact) mass is 305 g/mol. The third-order valence-corrected chi connectivity index (χ3v) is 3.03. The molecule has 0 unspecified atom stereocenters. The Morgan fingerprint density at radius 3 is 2.52 bits per heavy atom. The number of aromatic hydroxyl groups is 1. The molecule has 4 nitrogen and oxygen atoms in total. The van der Waals surface area contributed by atoms with Crippen LogP contribution in [0.15, 0.2) is 36.4 Å². The quantitative estimate of drug-likeness (QED) is 0.847. The van der Waals surface area contributed by atoms with E-state index in [1.807, 2.05) is 32.0 Å². The number of hydrogen-bond donors (Lipinski definition) is 2. The first-order valence-electron chi connectivity index (χ1n) is 6.43. The number of carbonyl (C=O) groups is 1. The number of amides is 1. The van der Waals surface area contributed by atoms with Crippen LogP contribution < -0.4 is 10.1 Å². The maximum Gasteiger partial charge on any atom is 0.262 e. The minimum Gasteiger partial charge on any atom is -0.506 e. The van der Waals surface area contributed by atoms with Gasteiger partial charge in [-0.05, 0) is 55.3 Å². The SMILES string of the molecule is Cc1cc(C)cc(OCC(=O)Nc2cc(Cl)ccc2O)c1. The number of aryl methyl sites for hydroxylation is 2. The van der Waals surface area contributed by atoms with Crippen LogP contribution in [0.1, 0.15) is 11.1 Å². The summed E-state index contributed by atoms with van der Waals surface area (Å²) in [6, 6.07) is 10.2. The highest BCUT2D eigenvalue weighted by molar-refractivity contribution is 6.31. The Morgan fingerprint density at radius 1 is 1.19 bits per heavy atom. The lowest BCUT2D eigenvalue weighted by atomic mass is 10.1. The lowest BCUT2D eigenvalue weighted by Gasteiger charge is -2.10. The van der Waals surface area contributed by atoms with Gasteiger partial charge in [0, 0.05) is 5.02 Å². The Labute approximate surface area is 128 Å². The molecule has 0 aliphatic rings. The number of anilines is 1. The zero-order chi connectivity index (χ0) is 15.4. The van der Waals surface area contributed by atoms with E-state index in [0.717, 1.165) is 11.1 Å². The lowest BCUT2D eigenvalue weighted by Crippen LogP contribution is -2.20. The van der Waals surface area contributed by atoms with E-state index in [-0.39, 0.29) is 24.0 Å². The van der Waals surface area contributed by atoms with E-state index < -0.39 is 0 Å². The first kappa shape index (κ1) is 15.2. The van der Waals surface area contributed by atoms with Crippen molar-refractivity contribution >= 4 is 23.2 Å². The van der Waals surface area contributed by atoms with Crippen LogP contribution in [0.4, 0.5) is 5.69 Å². The summed E-state index contributed by atoms with van der Waals surface area (Å²) in [4.78, 5) is 11.8. The molecule has 0 radical (unpaired) electrons. The molecular formula is C16H16ClNO3. The standard InChI is InChI=1S/C16H16ClNO3/c1-10-5-11(2)7-13(6-10)21-9-16(20)18-14-8-12(17)3-4-15(14)19/h3-8,19H,9H2,1-2H3,(H,18,20). The van der Waals surface area contributed by atoms with E-state index in [4.69, 9.17) is 16.3 Å². The highest BCUT2D eigenvalue weighted by Gasteiger charge is 2.08. The van der Waals surface area contributed by atoms with Crippen LogP contribution in [-0.4, -0.2) is 17.6 Å². The van der Waals surface area contributed by atoms with Crippen molar-refractivity contribution in [3.63, 3.8) is 0 Å². The van der Waals surface area contributed by atoms with Crippen LogP contribution in [0.2, 0.25) is 5.02 Å². The van der Waals surface area contributed by atoms with Crippen LogP contribution in [0.5, 0.6) is 11.5 Å². The number of ether oxygens (including phenoxy) is 1. The third-order valence-electron chi connectivity index (χ3n) is 2.80. The topological polar surface area (TPSA) is 58.6 Å². The van der Waals surface area contributed by atoms with Crippen molar-refractivity contribution in [1.82, 2.24) is 0 Å². The lowest BCUT2D eigenvalue weighted by molar-refractivity contribution is -0.118. The van der Waals surface area contributed by atoms with Crippen molar-refractivity contribution in [3.05, 3.63) is 52.5 Å². The van der Waals surface area contributed by atoms with Crippen molar-refractivity contribution in [3.8, 4) is 11.5 Å². The number of phenolic OH excluding ortho intramolecular Hbond substituents is 1. The van der Waals surface area contributed by atoms with Gasteiger partial charge >= 0.3 is 0 Å². The summed E-state index contributed by atoms with van der Waals surface area (Å²) in [6.07, 6.45) is 0. The zero-order valence-corrected chi connectivity index (χ0v) is 12.6. The van der Waals surface area contributed by atoms with Crippen LogP contribution in [0.3, 0.4) is 0 Å². The normalized spacial score (nSPS) is 10.2. The van der Waals surface area contributed by atoms with Crippen LogP contribution >= 0.6 is 11.6 Å². The van der Waals surface area contributed by atoms with Crippen molar-refractivity contribution in [1.29, 1.82) is 0 Å². The minimum absolute atomic E-state index is 0.0425. The summed E-state index contributed by atoms with van der Waals surface area (Å²) in [6.45, 7) is 3.78. The molecule has 0 aromatic heterocycles. The minimum atomic E-state index is -0.369. The highest BCUT2D eigenvalue weighted by atomic mass is 35.5. The highest BCUT2D eigenvalue weighted by Crippen LogP contribution is 2.26. The Hall–Kier alpha value is -2.20. The second-order valence-corrected chi connectivity index (χ2v) is 5.26. The molecule has 0 aliphatic carbocycles. The molecule has 0 aliphatic heterocycles. The van der Waals surface area contributed by atoms with E-state index in [9.17, 15) is 9.90 Å². The van der Waals surface area contributed by atoms with Crippen molar-refractivity contribution in [2.45, 2.75) is 13.8 Å². The fraction of sp³-hybridized carbons (Fsp3) is 0.188. The number of halogens is 1. The summed E-state index contributed by atoms with van der Waals surface area (Å²) < 4.78 is 5.45. The van der Waals surface area contributed by atoms with E-state index in [1.54, 1.807) is 6.07 Å². The third kappa shape index (κ3) is 4.39. The fourth-order valence-corrected chi connectivity index (χ4v) is 2.13. The number of carbonyl (C=O) groups excluding carboxylic acids is 1. The van der Waals surface area contributed by atoms with Crippen LogP contribution in [-0.2, 0) is 4.79 Å². The predicted octanol–water partition coefficient (Wildman–Crippen LogP) is 3.68. The zero-order valence-electron chi connectivity index (χ0n) is 11.8. The number of nitrogens with one attached hydrogen (secondary N) is 1. The van der Waals surface area contributed by atoms with Gasteiger partial charge in [0.2, 0.25) is 0 Å². The number of phenols is 1. The van der Waals surface area contributed by atoms with Crippen LogP contribution in [0, 0.1) is 13.8 Å². The Kier molecular flexibility index (Phi) is 4.70. The Bertz CT molecular complexity index is 650. The van der Waals surface area contributed by atoms with Gasteiger partial charge in [-0.15, -0.1) is 0 Å². The number of hydrogen-bond acceptors (Lipinski definition) is 3. The van der Waals surface area contributed by atoms with Gasteiger partial charge in [0.15, 0.2) is 6.61 Å². The average Bonchev–Trinajstić information content (AvgIpc) is 2.40. The van der Waals surface area contributed by atoms with Crippen LogP contribution in [0.25, 0.3) is 0 Å². The first-order valence-corrected chi connectivity index (χ1v) is 6.81. The van der Waals surface area contributed by atoms with Gasteiger partial charge in [-0.1, -0.05) is 17.7 Å². The first-order chi connectivity index (χ1) is 9.94. The molecule has 0 saturated carbocycles. The molecule has 110 valence electrons. The summed E-state index contributed by atoms with van der Waals surface area (Å²) in [5.74, 6) is 0.226. The van der Waals surface area contributed by atoms with Crippen molar-refractivity contribution < 1.29 is 14.6 Å². The van der Waals surface area contributed by atoms with E-state index >= 15 is 0 Å². The van der Waals surface area contributed by atoms with E-state index in [1.165, 1.54) is 12.1 Å². The predicted molar refractivity (Wildman–Crippen MR) is 83.2 cm³/mol. The molecule has 0 bridgehead atoms. The Morgan fingerprint density at radius 2 is 1.86 bits per heavy atom. The van der Waals surface area contributed by atoms with Gasteiger partial charge in [-0.25, -0.2) is 0 Å². The summed E-state index contributed by atoms with van der Waals surface area (Å²) >= 11 is 5.81. The van der Waals surface area contributed by atoms with E-state index in [2.05, 4.69) is 5.32 Å². The smallest absolute Gasteiger partial charge is 0.262 e. The molecule has 0 atom stereocenters. The summed E-state index contributed by atoms with van der Waals surface area (Å²) in [5, 5.41) is 12.6. The number of benzene rings is 2. The molecule has 2 rings (SSSR count). The molecule has 1 amide bonds. The molecule has 2 aromatic carbocycles. The molecular weight excluding hydrogens is 290 g/mol. The Balaban J connectivity index is 1.97. The molecule has 21 heavy (non-hydrogen) atoms. The maximum atomic E-state index is 11.8. The van der Waals surface area contributed by atoms with Gasteiger partial charge < -0.3 is 15.2 Å².